The van der Waals surface area contributed by atoms with E-state index < -0.39 is 17.7 Å². The van der Waals surface area contributed by atoms with Gasteiger partial charge in [-0.2, -0.15) is 0 Å². The highest BCUT2D eigenvalue weighted by atomic mass is 35.5. The first-order valence-corrected chi connectivity index (χ1v) is 10.8. The van der Waals surface area contributed by atoms with Gasteiger partial charge in [-0.1, -0.05) is 29.8 Å². The van der Waals surface area contributed by atoms with Gasteiger partial charge >= 0.3 is 0 Å². The number of nitrogens with zero attached hydrogens (tertiary/aromatic N) is 1. The van der Waals surface area contributed by atoms with Crippen molar-refractivity contribution in [1.29, 1.82) is 0 Å². The van der Waals surface area contributed by atoms with Gasteiger partial charge in [0.15, 0.2) is 11.6 Å². The van der Waals surface area contributed by atoms with Crippen LogP contribution in [0.15, 0.2) is 42.5 Å². The number of para-hydroxylation sites is 1. The number of morpholine rings is 1. The van der Waals surface area contributed by atoms with Gasteiger partial charge in [0.05, 0.1) is 25.4 Å². The average molecular weight is 453 g/mol. The molecule has 0 aromatic heterocycles. The van der Waals surface area contributed by atoms with Crippen molar-refractivity contribution in [3.63, 3.8) is 0 Å². The summed E-state index contributed by atoms with van der Waals surface area (Å²) < 4.78 is 39.1. The molecular formula is C23H27ClF2N2O3. The lowest BCUT2D eigenvalue weighted by molar-refractivity contribution is -0.121. The molecule has 1 aliphatic heterocycles. The van der Waals surface area contributed by atoms with Crippen molar-refractivity contribution >= 4 is 17.5 Å². The van der Waals surface area contributed by atoms with Gasteiger partial charge in [-0.3, -0.25) is 9.69 Å². The molecule has 8 heteroatoms. The van der Waals surface area contributed by atoms with Gasteiger partial charge in [0, 0.05) is 36.6 Å². The highest BCUT2D eigenvalue weighted by Gasteiger charge is 2.29. The molecule has 2 aromatic carbocycles. The minimum atomic E-state index is -0.434. The quantitative estimate of drug-likeness (QED) is 0.574. The van der Waals surface area contributed by atoms with Crippen LogP contribution < -0.4 is 10.1 Å². The number of rotatable bonds is 9. The number of hydrogen-bond donors (Lipinski definition) is 1. The molecule has 1 aliphatic rings. The lowest BCUT2D eigenvalue weighted by Crippen LogP contribution is -2.47. The topological polar surface area (TPSA) is 50.8 Å². The van der Waals surface area contributed by atoms with Crippen molar-refractivity contribution in [3.8, 4) is 5.75 Å². The Labute approximate surface area is 186 Å². The third kappa shape index (κ3) is 6.63. The Kier molecular flexibility index (Phi) is 8.63. The first-order chi connectivity index (χ1) is 15.0. The zero-order valence-corrected chi connectivity index (χ0v) is 18.2. The third-order valence-corrected chi connectivity index (χ3v) is 5.51. The van der Waals surface area contributed by atoms with Crippen molar-refractivity contribution in [3.05, 3.63) is 64.7 Å². The predicted octanol–water partition coefficient (Wildman–Crippen LogP) is 4.36. The lowest BCUT2D eigenvalue weighted by Gasteiger charge is -2.38. The van der Waals surface area contributed by atoms with E-state index in [1.165, 1.54) is 12.1 Å². The van der Waals surface area contributed by atoms with E-state index in [4.69, 9.17) is 21.1 Å². The Morgan fingerprint density at radius 2 is 2.03 bits per heavy atom. The summed E-state index contributed by atoms with van der Waals surface area (Å²) in [5, 5.41) is 3.21. The van der Waals surface area contributed by atoms with Crippen LogP contribution in [-0.4, -0.2) is 49.8 Å². The Hall–Kier alpha value is -2.22. The second-order valence-electron chi connectivity index (χ2n) is 7.51. The summed E-state index contributed by atoms with van der Waals surface area (Å²) in [5.41, 5.74) is 0.376. The lowest BCUT2D eigenvalue weighted by atomic mass is 10.0. The molecule has 31 heavy (non-hydrogen) atoms. The zero-order valence-electron chi connectivity index (χ0n) is 17.5. The molecule has 0 bridgehead atoms. The second-order valence-corrected chi connectivity index (χ2v) is 7.92. The van der Waals surface area contributed by atoms with Crippen LogP contribution in [-0.2, 0) is 9.53 Å². The van der Waals surface area contributed by atoms with E-state index in [0.717, 1.165) is 0 Å². The Morgan fingerprint density at radius 3 is 2.77 bits per heavy atom. The van der Waals surface area contributed by atoms with Crippen molar-refractivity contribution in [2.75, 3.05) is 32.8 Å². The van der Waals surface area contributed by atoms with Crippen LogP contribution in [0.25, 0.3) is 0 Å². The fraction of sp³-hybridized carbons (Fsp3) is 0.435. The molecule has 1 amide bonds. The van der Waals surface area contributed by atoms with Crippen LogP contribution in [0.3, 0.4) is 0 Å². The predicted molar refractivity (Wildman–Crippen MR) is 115 cm³/mol. The molecule has 2 unspecified atom stereocenters. The molecule has 1 heterocycles. The number of amides is 1. The molecule has 0 aliphatic carbocycles. The number of halogens is 3. The smallest absolute Gasteiger partial charge is 0.220 e. The summed E-state index contributed by atoms with van der Waals surface area (Å²) in [7, 11) is 0. The summed E-state index contributed by atoms with van der Waals surface area (Å²) in [5.74, 6) is -0.852. The third-order valence-electron chi connectivity index (χ3n) is 5.18. The molecule has 1 N–H and O–H groups in total. The average Bonchev–Trinajstić information content (AvgIpc) is 2.74. The van der Waals surface area contributed by atoms with Gasteiger partial charge in [-0.25, -0.2) is 8.78 Å². The van der Waals surface area contributed by atoms with Crippen LogP contribution in [0.4, 0.5) is 8.78 Å². The first-order valence-electron chi connectivity index (χ1n) is 10.4. The standard InChI is InChI=1S/C23H27ClF2N2O3/c1-16-15-28(11-13-30-16)20(23-17(24)6-4-8-19(23)26)14-27-22(29)10-5-12-31-21-9-3-2-7-18(21)25/h2-4,6-9,16,20H,5,10-15H2,1H3,(H,27,29). The molecule has 5 nitrogen and oxygen atoms in total. The summed E-state index contributed by atoms with van der Waals surface area (Å²) in [4.78, 5) is 14.4. The van der Waals surface area contributed by atoms with Crippen molar-refractivity contribution in [2.24, 2.45) is 0 Å². The first kappa shape index (κ1) is 23.4. The molecule has 0 saturated carbocycles. The van der Waals surface area contributed by atoms with Crippen LogP contribution in [0.1, 0.15) is 31.4 Å². The summed E-state index contributed by atoms with van der Waals surface area (Å²) in [6.07, 6.45) is 0.652. The number of ether oxygens (including phenoxy) is 2. The maximum absolute atomic E-state index is 14.6. The molecule has 2 atom stereocenters. The van der Waals surface area contributed by atoms with Gasteiger partial charge in [0.1, 0.15) is 5.82 Å². The molecule has 1 fully saturated rings. The monoisotopic (exact) mass is 452 g/mol. The number of carbonyl (C=O) groups excluding carboxylic acids is 1. The number of hydrogen-bond acceptors (Lipinski definition) is 4. The van der Waals surface area contributed by atoms with Gasteiger partial charge in [0.2, 0.25) is 5.91 Å². The molecule has 0 radical (unpaired) electrons. The number of carbonyl (C=O) groups is 1. The van der Waals surface area contributed by atoms with Gasteiger partial charge in [-0.15, -0.1) is 0 Å². The van der Waals surface area contributed by atoms with E-state index in [-0.39, 0.29) is 37.3 Å². The van der Waals surface area contributed by atoms with Crippen LogP contribution in [0.2, 0.25) is 5.02 Å². The fourth-order valence-electron chi connectivity index (χ4n) is 3.65. The van der Waals surface area contributed by atoms with E-state index in [0.29, 0.717) is 36.7 Å². The van der Waals surface area contributed by atoms with E-state index in [2.05, 4.69) is 10.2 Å². The van der Waals surface area contributed by atoms with Crippen molar-refractivity contribution in [2.45, 2.75) is 31.9 Å². The minimum Gasteiger partial charge on any atom is -0.491 e. The summed E-state index contributed by atoms with van der Waals surface area (Å²) in [6.45, 7) is 4.16. The minimum absolute atomic E-state index is 0.00744. The Bertz CT molecular complexity index is 863. The van der Waals surface area contributed by atoms with E-state index in [1.807, 2.05) is 6.92 Å². The Balaban J connectivity index is 1.56. The number of benzene rings is 2. The summed E-state index contributed by atoms with van der Waals surface area (Å²) in [6, 6.07) is 10.3. The maximum Gasteiger partial charge on any atom is 0.220 e. The van der Waals surface area contributed by atoms with Gasteiger partial charge < -0.3 is 14.8 Å². The van der Waals surface area contributed by atoms with Crippen molar-refractivity contribution in [1.82, 2.24) is 10.2 Å². The second kappa shape index (κ2) is 11.4. The maximum atomic E-state index is 14.6. The molecular weight excluding hydrogens is 426 g/mol. The molecule has 1 saturated heterocycles. The highest BCUT2D eigenvalue weighted by molar-refractivity contribution is 6.31. The van der Waals surface area contributed by atoms with Crippen LogP contribution in [0, 0.1) is 11.6 Å². The molecule has 2 aromatic rings. The molecule has 0 spiro atoms. The van der Waals surface area contributed by atoms with E-state index in [9.17, 15) is 13.6 Å². The van der Waals surface area contributed by atoms with E-state index in [1.54, 1.807) is 30.3 Å². The van der Waals surface area contributed by atoms with Gasteiger partial charge in [0.25, 0.3) is 0 Å². The SMILES string of the molecule is CC1CN(C(CNC(=O)CCCOc2ccccc2F)c2c(F)cccc2Cl)CCO1. The van der Waals surface area contributed by atoms with Crippen LogP contribution in [0.5, 0.6) is 5.75 Å². The summed E-state index contributed by atoms with van der Waals surface area (Å²) >= 11 is 6.31. The fourth-order valence-corrected chi connectivity index (χ4v) is 3.94. The molecule has 168 valence electrons. The largest absolute Gasteiger partial charge is 0.491 e. The molecule has 3 rings (SSSR count). The van der Waals surface area contributed by atoms with Crippen LogP contribution >= 0.6 is 11.6 Å². The van der Waals surface area contributed by atoms with E-state index >= 15 is 0 Å². The number of nitrogens with one attached hydrogen (secondary N) is 1. The zero-order chi connectivity index (χ0) is 22.2. The highest BCUT2D eigenvalue weighted by Crippen LogP contribution is 2.31. The normalized spacial score (nSPS) is 17.9. The Morgan fingerprint density at radius 1 is 1.26 bits per heavy atom. The van der Waals surface area contributed by atoms with Crippen molar-refractivity contribution < 1.29 is 23.0 Å². The van der Waals surface area contributed by atoms with Gasteiger partial charge in [-0.05, 0) is 37.6 Å².